The predicted molar refractivity (Wildman–Crippen MR) is 158 cm³/mol. The van der Waals surface area contributed by atoms with Gasteiger partial charge in [-0.25, -0.2) is 21.1 Å². The van der Waals surface area contributed by atoms with Crippen molar-refractivity contribution in [1.29, 1.82) is 0 Å². The van der Waals surface area contributed by atoms with Gasteiger partial charge in [0.15, 0.2) is 0 Å². The third-order valence-corrected chi connectivity index (χ3v) is 10.2. The van der Waals surface area contributed by atoms with E-state index in [2.05, 4.69) is 10.0 Å². The molecule has 1 atom stereocenters. The number of nitrogens with zero attached hydrogens (tertiary/aromatic N) is 1. The molecule has 1 aliphatic rings. The average Bonchev–Trinajstić information content (AvgIpc) is 2.97. The molecule has 0 aliphatic carbocycles. The number of amides is 1. The fourth-order valence-electron chi connectivity index (χ4n) is 4.70. The predicted octanol–water partition coefficient (Wildman–Crippen LogP) is 4.12. The molecule has 0 aromatic heterocycles. The summed E-state index contributed by atoms with van der Waals surface area (Å²) in [5.74, 6) is 0.0186. The Kier molecular flexibility index (Phi) is 9.90. The SMILES string of the molecule is COc1ccc(OC)c(NS(=O)(=O)c2ccc(NC(=O)[C@H]3CCCN(S(=O)(=O)CCCc4ccccc4)C3)cc2)c1. The molecule has 0 spiro atoms. The van der Waals surface area contributed by atoms with Crippen LogP contribution < -0.4 is 19.5 Å². The molecule has 10 nitrogen and oxygen atoms in total. The Labute approximate surface area is 241 Å². The van der Waals surface area contributed by atoms with Crippen LogP contribution in [0.25, 0.3) is 0 Å². The maximum Gasteiger partial charge on any atom is 0.262 e. The number of hydrogen-bond acceptors (Lipinski definition) is 7. The van der Waals surface area contributed by atoms with Gasteiger partial charge in [-0.15, -0.1) is 0 Å². The van der Waals surface area contributed by atoms with E-state index in [0.29, 0.717) is 49.4 Å². The van der Waals surface area contributed by atoms with Gasteiger partial charge in [0.1, 0.15) is 11.5 Å². The van der Waals surface area contributed by atoms with E-state index in [1.807, 2.05) is 30.3 Å². The minimum Gasteiger partial charge on any atom is -0.497 e. The number of methoxy groups -OCH3 is 2. The van der Waals surface area contributed by atoms with Crippen molar-refractivity contribution in [2.45, 2.75) is 30.6 Å². The first-order valence-electron chi connectivity index (χ1n) is 13.3. The van der Waals surface area contributed by atoms with Gasteiger partial charge in [-0.1, -0.05) is 30.3 Å². The highest BCUT2D eigenvalue weighted by Gasteiger charge is 2.32. The van der Waals surface area contributed by atoms with Gasteiger partial charge in [-0.2, -0.15) is 0 Å². The lowest BCUT2D eigenvalue weighted by atomic mass is 9.99. The molecule has 41 heavy (non-hydrogen) atoms. The van der Waals surface area contributed by atoms with Crippen molar-refractivity contribution < 1.29 is 31.1 Å². The second kappa shape index (κ2) is 13.4. The standard InChI is InChI=1S/C29H35N3O7S2/c1-38-25-14-17-28(39-2)27(20-25)31-41(36,37)26-15-12-24(13-16-26)30-29(33)23-11-6-18-32(21-23)40(34,35)19-7-10-22-8-4-3-5-9-22/h3-5,8-9,12-17,20,23,31H,6-7,10-11,18-19,21H2,1-2H3,(H,30,33)/t23-/m0/s1. The number of carbonyl (C=O) groups is 1. The van der Waals surface area contributed by atoms with E-state index in [9.17, 15) is 21.6 Å². The molecule has 0 saturated carbocycles. The molecule has 3 aromatic carbocycles. The van der Waals surface area contributed by atoms with Gasteiger partial charge in [0.25, 0.3) is 10.0 Å². The molecular formula is C29H35N3O7S2. The van der Waals surface area contributed by atoms with Crippen LogP contribution in [0.3, 0.4) is 0 Å². The Hall–Kier alpha value is -3.61. The number of rotatable bonds is 12. The monoisotopic (exact) mass is 601 g/mol. The summed E-state index contributed by atoms with van der Waals surface area (Å²) in [5.41, 5.74) is 1.73. The van der Waals surface area contributed by atoms with E-state index in [0.717, 1.165) is 5.56 Å². The van der Waals surface area contributed by atoms with Crippen LogP contribution >= 0.6 is 0 Å². The zero-order chi connectivity index (χ0) is 29.5. The molecule has 0 radical (unpaired) electrons. The Bertz CT molecular complexity index is 1540. The second-order valence-corrected chi connectivity index (χ2v) is 13.6. The summed E-state index contributed by atoms with van der Waals surface area (Å²) in [6.07, 6.45) is 2.34. The largest absolute Gasteiger partial charge is 0.497 e. The maximum absolute atomic E-state index is 13.0. The highest BCUT2D eigenvalue weighted by atomic mass is 32.2. The Morgan fingerprint density at radius 3 is 2.37 bits per heavy atom. The summed E-state index contributed by atoms with van der Waals surface area (Å²) in [5, 5.41) is 2.80. The first-order valence-corrected chi connectivity index (χ1v) is 16.4. The van der Waals surface area contributed by atoms with Gasteiger partial charge >= 0.3 is 0 Å². The zero-order valence-electron chi connectivity index (χ0n) is 23.1. The smallest absolute Gasteiger partial charge is 0.262 e. The normalized spacial score (nSPS) is 16.1. The van der Waals surface area contributed by atoms with Crippen LogP contribution in [0.1, 0.15) is 24.8 Å². The topological polar surface area (TPSA) is 131 Å². The summed E-state index contributed by atoms with van der Waals surface area (Å²) in [7, 11) is -4.53. The van der Waals surface area contributed by atoms with Gasteiger partial charge in [0.2, 0.25) is 15.9 Å². The van der Waals surface area contributed by atoms with Crippen LogP contribution in [0.2, 0.25) is 0 Å². The number of aryl methyl sites for hydroxylation is 1. The van der Waals surface area contributed by atoms with E-state index >= 15 is 0 Å². The van der Waals surface area contributed by atoms with E-state index in [-0.39, 0.29) is 28.8 Å². The van der Waals surface area contributed by atoms with Crippen molar-refractivity contribution in [2.24, 2.45) is 5.92 Å². The summed E-state index contributed by atoms with van der Waals surface area (Å²) in [6, 6.07) is 20.3. The quantitative estimate of drug-likeness (QED) is 0.319. The summed E-state index contributed by atoms with van der Waals surface area (Å²) < 4.78 is 66.2. The Morgan fingerprint density at radius 2 is 1.68 bits per heavy atom. The van der Waals surface area contributed by atoms with E-state index in [4.69, 9.17) is 9.47 Å². The number of ether oxygens (including phenoxy) is 2. The number of anilines is 2. The van der Waals surface area contributed by atoms with Crippen molar-refractivity contribution in [3.05, 3.63) is 78.4 Å². The maximum atomic E-state index is 13.0. The average molecular weight is 602 g/mol. The molecule has 4 rings (SSSR count). The van der Waals surface area contributed by atoms with Crippen molar-refractivity contribution in [2.75, 3.05) is 43.1 Å². The number of nitrogens with one attached hydrogen (secondary N) is 2. The molecule has 0 unspecified atom stereocenters. The third-order valence-electron chi connectivity index (χ3n) is 6.94. The Morgan fingerprint density at radius 1 is 0.951 bits per heavy atom. The first-order chi connectivity index (χ1) is 19.6. The molecule has 1 heterocycles. The lowest BCUT2D eigenvalue weighted by Crippen LogP contribution is -2.44. The lowest BCUT2D eigenvalue weighted by Gasteiger charge is -2.31. The molecule has 2 N–H and O–H groups in total. The van der Waals surface area contributed by atoms with E-state index in [1.165, 1.54) is 48.9 Å². The third kappa shape index (κ3) is 7.99. The van der Waals surface area contributed by atoms with Crippen molar-refractivity contribution >= 4 is 37.3 Å². The molecule has 1 saturated heterocycles. The molecule has 1 aliphatic heterocycles. The number of hydrogen-bond donors (Lipinski definition) is 2. The molecule has 3 aromatic rings. The second-order valence-electron chi connectivity index (χ2n) is 9.79. The number of carbonyl (C=O) groups excluding carboxylic acids is 1. The van der Waals surface area contributed by atoms with Crippen LogP contribution in [0.5, 0.6) is 11.5 Å². The fourth-order valence-corrected chi connectivity index (χ4v) is 7.34. The van der Waals surface area contributed by atoms with Crippen molar-refractivity contribution in [3.63, 3.8) is 0 Å². The number of sulfonamides is 2. The van der Waals surface area contributed by atoms with E-state index < -0.39 is 26.0 Å². The van der Waals surface area contributed by atoms with E-state index in [1.54, 1.807) is 12.1 Å². The van der Waals surface area contributed by atoms with Crippen LogP contribution in [0.4, 0.5) is 11.4 Å². The summed E-state index contributed by atoms with van der Waals surface area (Å²) in [4.78, 5) is 13.0. The summed E-state index contributed by atoms with van der Waals surface area (Å²) in [6.45, 7) is 0.521. The van der Waals surface area contributed by atoms with Crippen LogP contribution in [0, 0.1) is 5.92 Å². The first kappa shape index (κ1) is 30.4. The van der Waals surface area contributed by atoms with Crippen molar-refractivity contribution in [3.8, 4) is 11.5 Å². The minimum absolute atomic E-state index is 0.00851. The molecule has 12 heteroatoms. The molecule has 0 bridgehead atoms. The molecular weight excluding hydrogens is 566 g/mol. The molecule has 1 fully saturated rings. The van der Waals surface area contributed by atoms with Gasteiger partial charge in [-0.3, -0.25) is 9.52 Å². The van der Waals surface area contributed by atoms with Gasteiger partial charge < -0.3 is 14.8 Å². The highest BCUT2D eigenvalue weighted by Crippen LogP contribution is 2.31. The fraction of sp³-hybridized carbons (Fsp3) is 0.345. The van der Waals surface area contributed by atoms with Crippen molar-refractivity contribution in [1.82, 2.24) is 4.31 Å². The summed E-state index contributed by atoms with van der Waals surface area (Å²) >= 11 is 0. The van der Waals surface area contributed by atoms with Gasteiger partial charge in [-0.05, 0) is 67.6 Å². The molecule has 220 valence electrons. The highest BCUT2D eigenvalue weighted by molar-refractivity contribution is 7.92. The Balaban J connectivity index is 1.34. The zero-order valence-corrected chi connectivity index (χ0v) is 24.7. The van der Waals surface area contributed by atoms with Gasteiger partial charge in [0.05, 0.1) is 36.5 Å². The van der Waals surface area contributed by atoms with Crippen LogP contribution in [0.15, 0.2) is 77.7 Å². The van der Waals surface area contributed by atoms with Crippen LogP contribution in [-0.2, 0) is 31.3 Å². The molecule has 1 amide bonds. The number of piperidine rings is 1. The van der Waals surface area contributed by atoms with Crippen LogP contribution in [-0.4, -0.2) is 60.1 Å². The lowest BCUT2D eigenvalue weighted by molar-refractivity contribution is -0.120. The minimum atomic E-state index is -3.96. The number of benzene rings is 3. The van der Waals surface area contributed by atoms with Gasteiger partial charge in [0, 0.05) is 24.8 Å².